The highest BCUT2D eigenvalue weighted by atomic mass is 32.1. The Hall–Kier alpha value is -1.12. The second kappa shape index (κ2) is 6.36. The molecule has 1 N–H and O–H groups in total. The third kappa shape index (κ3) is 3.46. The van der Waals surface area contributed by atoms with Crippen LogP contribution in [-0.4, -0.2) is 6.54 Å². The molecule has 0 saturated heterocycles. The molecular formula is C17H23NS. The summed E-state index contributed by atoms with van der Waals surface area (Å²) in [4.78, 5) is 2.78. The number of benzene rings is 1. The average Bonchev–Trinajstić information content (AvgIpc) is 2.89. The van der Waals surface area contributed by atoms with Gasteiger partial charge < -0.3 is 5.32 Å². The molecule has 2 aromatic rings. The number of nitrogens with one attached hydrogen (secondary N) is 1. The number of rotatable bonds is 5. The van der Waals surface area contributed by atoms with E-state index in [1.807, 2.05) is 11.3 Å². The molecule has 19 heavy (non-hydrogen) atoms. The van der Waals surface area contributed by atoms with Crippen molar-refractivity contribution in [3.63, 3.8) is 0 Å². The molecule has 0 spiro atoms. The Labute approximate surface area is 120 Å². The van der Waals surface area contributed by atoms with Crippen molar-refractivity contribution in [2.24, 2.45) is 0 Å². The summed E-state index contributed by atoms with van der Waals surface area (Å²) < 4.78 is 0. The summed E-state index contributed by atoms with van der Waals surface area (Å²) in [7, 11) is 0. The Morgan fingerprint density at radius 3 is 2.58 bits per heavy atom. The number of hydrogen-bond donors (Lipinski definition) is 1. The highest BCUT2D eigenvalue weighted by Crippen LogP contribution is 2.32. The molecule has 1 atom stereocenters. The number of hydrogen-bond acceptors (Lipinski definition) is 2. The summed E-state index contributed by atoms with van der Waals surface area (Å²) in [6.07, 6.45) is 1.18. The fraction of sp³-hybridized carbons (Fsp3) is 0.412. The Morgan fingerprint density at radius 1 is 1.11 bits per heavy atom. The zero-order valence-electron chi connectivity index (χ0n) is 12.3. The predicted molar refractivity (Wildman–Crippen MR) is 85.9 cm³/mol. The van der Waals surface area contributed by atoms with Crippen LogP contribution < -0.4 is 5.32 Å². The van der Waals surface area contributed by atoms with Crippen molar-refractivity contribution >= 4 is 11.3 Å². The molecule has 0 aliphatic heterocycles. The predicted octanol–water partition coefficient (Wildman–Crippen LogP) is 5.09. The van der Waals surface area contributed by atoms with E-state index in [9.17, 15) is 0 Å². The maximum absolute atomic E-state index is 3.54. The van der Waals surface area contributed by atoms with Gasteiger partial charge in [-0.15, -0.1) is 11.3 Å². The van der Waals surface area contributed by atoms with Gasteiger partial charge in [0, 0.05) is 15.8 Å². The van der Waals surface area contributed by atoms with Crippen molar-refractivity contribution in [3.05, 3.63) is 46.3 Å². The van der Waals surface area contributed by atoms with Crippen LogP contribution in [-0.2, 0) is 0 Å². The highest BCUT2D eigenvalue weighted by molar-refractivity contribution is 7.15. The van der Waals surface area contributed by atoms with E-state index in [0.717, 1.165) is 6.54 Å². The van der Waals surface area contributed by atoms with Crippen LogP contribution in [0.5, 0.6) is 0 Å². The van der Waals surface area contributed by atoms with Crippen molar-refractivity contribution in [2.75, 3.05) is 6.54 Å². The molecule has 1 aromatic carbocycles. The fourth-order valence-electron chi connectivity index (χ4n) is 2.10. The largest absolute Gasteiger partial charge is 0.309 e. The van der Waals surface area contributed by atoms with E-state index in [-0.39, 0.29) is 0 Å². The zero-order valence-corrected chi connectivity index (χ0v) is 13.1. The Balaban J connectivity index is 2.18. The van der Waals surface area contributed by atoms with E-state index in [0.29, 0.717) is 6.04 Å². The molecule has 0 saturated carbocycles. The van der Waals surface area contributed by atoms with Crippen LogP contribution in [0.15, 0.2) is 30.3 Å². The Kier molecular flexibility index (Phi) is 4.78. The first-order valence-corrected chi connectivity index (χ1v) is 7.84. The minimum Gasteiger partial charge on any atom is -0.309 e. The van der Waals surface area contributed by atoms with E-state index in [1.54, 1.807) is 0 Å². The minimum absolute atomic E-state index is 0.449. The first-order chi connectivity index (χ1) is 9.11. The van der Waals surface area contributed by atoms with Gasteiger partial charge in [-0.2, -0.15) is 0 Å². The maximum Gasteiger partial charge on any atom is 0.0386 e. The van der Waals surface area contributed by atoms with Crippen LogP contribution in [0.1, 0.15) is 42.3 Å². The van der Waals surface area contributed by atoms with Crippen LogP contribution in [0.3, 0.4) is 0 Å². The molecule has 0 bridgehead atoms. The van der Waals surface area contributed by atoms with Crippen molar-refractivity contribution in [1.29, 1.82) is 0 Å². The van der Waals surface area contributed by atoms with Gasteiger partial charge in [0.2, 0.25) is 0 Å². The minimum atomic E-state index is 0.449. The molecule has 0 radical (unpaired) electrons. The van der Waals surface area contributed by atoms with Gasteiger partial charge in [0.15, 0.2) is 0 Å². The van der Waals surface area contributed by atoms with E-state index < -0.39 is 0 Å². The fourth-order valence-corrected chi connectivity index (χ4v) is 3.13. The summed E-state index contributed by atoms with van der Waals surface area (Å²) in [6, 6.07) is 11.7. The molecule has 1 aromatic heterocycles. The topological polar surface area (TPSA) is 12.0 Å². The first kappa shape index (κ1) is 14.3. The SMILES string of the molecule is CCCNC(C)c1ccc(-c2ccc(C)c(C)c2)s1. The lowest BCUT2D eigenvalue weighted by atomic mass is 10.1. The summed E-state index contributed by atoms with van der Waals surface area (Å²) in [5, 5.41) is 3.54. The van der Waals surface area contributed by atoms with Crippen molar-refractivity contribution < 1.29 is 0 Å². The third-order valence-electron chi connectivity index (χ3n) is 3.55. The quantitative estimate of drug-likeness (QED) is 0.800. The average molecular weight is 273 g/mol. The molecule has 1 unspecified atom stereocenters. The summed E-state index contributed by atoms with van der Waals surface area (Å²) >= 11 is 1.90. The van der Waals surface area contributed by atoms with Gasteiger partial charge in [-0.05, 0) is 62.6 Å². The van der Waals surface area contributed by atoms with Gasteiger partial charge >= 0.3 is 0 Å². The molecular weight excluding hydrogens is 250 g/mol. The molecule has 102 valence electrons. The summed E-state index contributed by atoms with van der Waals surface area (Å²) in [6.45, 7) is 9.87. The van der Waals surface area contributed by atoms with Crippen molar-refractivity contribution in [3.8, 4) is 10.4 Å². The second-order valence-corrected chi connectivity index (χ2v) is 6.29. The molecule has 2 rings (SSSR count). The molecule has 0 aliphatic carbocycles. The van der Waals surface area contributed by atoms with Crippen LogP contribution in [0.4, 0.5) is 0 Å². The van der Waals surface area contributed by atoms with Gasteiger partial charge in [-0.25, -0.2) is 0 Å². The standard InChI is InChI=1S/C17H23NS/c1-5-10-18-14(4)16-8-9-17(19-16)15-7-6-12(2)13(3)11-15/h6-9,11,14,18H,5,10H2,1-4H3. The normalized spacial score (nSPS) is 12.6. The van der Waals surface area contributed by atoms with Crippen LogP contribution >= 0.6 is 11.3 Å². The third-order valence-corrected chi connectivity index (χ3v) is 4.86. The van der Waals surface area contributed by atoms with E-state index >= 15 is 0 Å². The number of aryl methyl sites for hydroxylation is 2. The zero-order chi connectivity index (χ0) is 13.8. The van der Waals surface area contributed by atoms with Gasteiger partial charge in [-0.1, -0.05) is 25.1 Å². The van der Waals surface area contributed by atoms with Gasteiger partial charge in [-0.3, -0.25) is 0 Å². The van der Waals surface area contributed by atoms with Gasteiger partial charge in [0.1, 0.15) is 0 Å². The monoisotopic (exact) mass is 273 g/mol. The summed E-state index contributed by atoms with van der Waals surface area (Å²) in [5.74, 6) is 0. The lowest BCUT2D eigenvalue weighted by molar-refractivity contribution is 0.578. The van der Waals surface area contributed by atoms with E-state index in [2.05, 4.69) is 63.3 Å². The second-order valence-electron chi connectivity index (χ2n) is 5.18. The van der Waals surface area contributed by atoms with Crippen LogP contribution in [0.25, 0.3) is 10.4 Å². The number of thiophene rings is 1. The van der Waals surface area contributed by atoms with Crippen LogP contribution in [0, 0.1) is 13.8 Å². The molecule has 0 aliphatic rings. The maximum atomic E-state index is 3.54. The highest BCUT2D eigenvalue weighted by Gasteiger charge is 2.09. The molecule has 1 nitrogen and oxygen atoms in total. The molecule has 2 heteroatoms. The molecule has 0 amide bonds. The molecule has 0 fully saturated rings. The lowest BCUT2D eigenvalue weighted by Crippen LogP contribution is -2.18. The van der Waals surface area contributed by atoms with Crippen molar-refractivity contribution in [2.45, 2.75) is 40.2 Å². The first-order valence-electron chi connectivity index (χ1n) is 7.02. The van der Waals surface area contributed by atoms with Crippen LogP contribution in [0.2, 0.25) is 0 Å². The van der Waals surface area contributed by atoms with Gasteiger partial charge in [0.05, 0.1) is 0 Å². The smallest absolute Gasteiger partial charge is 0.0386 e. The Bertz CT molecular complexity index is 542. The van der Waals surface area contributed by atoms with Gasteiger partial charge in [0.25, 0.3) is 0 Å². The van der Waals surface area contributed by atoms with Crippen molar-refractivity contribution in [1.82, 2.24) is 5.32 Å². The summed E-state index contributed by atoms with van der Waals surface area (Å²) in [5.41, 5.74) is 4.06. The Morgan fingerprint density at radius 2 is 1.89 bits per heavy atom. The van der Waals surface area contributed by atoms with E-state index in [1.165, 1.54) is 32.9 Å². The van der Waals surface area contributed by atoms with E-state index in [4.69, 9.17) is 0 Å². The molecule has 1 heterocycles. The lowest BCUT2D eigenvalue weighted by Gasteiger charge is -2.10.